The summed E-state index contributed by atoms with van der Waals surface area (Å²) in [6.45, 7) is 3.72. The fourth-order valence-corrected chi connectivity index (χ4v) is 4.16. The summed E-state index contributed by atoms with van der Waals surface area (Å²) in [5, 5.41) is 0. The number of aryl methyl sites for hydroxylation is 1. The Hall–Kier alpha value is -2.80. The molecule has 7 heteroatoms. The van der Waals surface area contributed by atoms with Crippen molar-refractivity contribution in [3.63, 3.8) is 0 Å². The van der Waals surface area contributed by atoms with Gasteiger partial charge in [0.2, 0.25) is 5.91 Å². The third-order valence-electron chi connectivity index (χ3n) is 5.80. The summed E-state index contributed by atoms with van der Waals surface area (Å²) in [4.78, 5) is 35.2. The topological polar surface area (TPSA) is 56.8 Å². The lowest BCUT2D eigenvalue weighted by Crippen LogP contribution is -2.64. The van der Waals surface area contributed by atoms with Crippen molar-refractivity contribution in [1.29, 1.82) is 0 Å². The van der Waals surface area contributed by atoms with Crippen LogP contribution in [0.3, 0.4) is 0 Å². The van der Waals surface area contributed by atoms with Crippen molar-refractivity contribution in [1.82, 2.24) is 14.8 Å². The van der Waals surface area contributed by atoms with E-state index in [0.29, 0.717) is 30.9 Å². The van der Waals surface area contributed by atoms with Gasteiger partial charge in [-0.2, -0.15) is 0 Å². The first kappa shape index (κ1) is 18.6. The van der Waals surface area contributed by atoms with Gasteiger partial charge in [-0.25, -0.2) is 4.39 Å². The highest BCUT2D eigenvalue weighted by Gasteiger charge is 2.48. The smallest absolute Gasteiger partial charge is 0.255 e. The third kappa shape index (κ3) is 3.26. The Balaban J connectivity index is 1.57. The normalized spacial score (nSPS) is 22.9. The molecule has 146 valence electrons. The molecule has 1 spiro atoms. The Labute approximate surface area is 163 Å². The van der Waals surface area contributed by atoms with Crippen molar-refractivity contribution in [3.05, 3.63) is 59.7 Å². The minimum absolute atomic E-state index is 0.0457. The van der Waals surface area contributed by atoms with Gasteiger partial charge in [-0.05, 0) is 50.2 Å². The van der Waals surface area contributed by atoms with Crippen LogP contribution in [0.1, 0.15) is 22.3 Å². The van der Waals surface area contributed by atoms with E-state index < -0.39 is 0 Å². The predicted molar refractivity (Wildman–Crippen MR) is 104 cm³/mol. The van der Waals surface area contributed by atoms with Crippen LogP contribution in [0.25, 0.3) is 0 Å². The van der Waals surface area contributed by atoms with Gasteiger partial charge in [-0.15, -0.1) is 0 Å². The van der Waals surface area contributed by atoms with E-state index in [9.17, 15) is 14.0 Å². The number of hydrogen-bond acceptors (Lipinski definition) is 4. The van der Waals surface area contributed by atoms with Crippen molar-refractivity contribution in [2.75, 3.05) is 38.1 Å². The molecule has 6 nitrogen and oxygen atoms in total. The first-order chi connectivity index (χ1) is 13.4. The lowest BCUT2D eigenvalue weighted by Gasteiger charge is -2.46. The van der Waals surface area contributed by atoms with Crippen LogP contribution >= 0.6 is 0 Å². The molecule has 0 saturated carbocycles. The molecule has 2 aliphatic rings. The fourth-order valence-electron chi connectivity index (χ4n) is 4.16. The Morgan fingerprint density at radius 2 is 2.04 bits per heavy atom. The fraction of sp³-hybridized carbons (Fsp3) is 0.381. The minimum Gasteiger partial charge on any atom is -0.337 e. The first-order valence-electron chi connectivity index (χ1n) is 9.36. The predicted octanol–water partition coefficient (Wildman–Crippen LogP) is 2.09. The summed E-state index contributed by atoms with van der Waals surface area (Å²) < 4.78 is 13.7. The van der Waals surface area contributed by atoms with Gasteiger partial charge in [0, 0.05) is 37.7 Å². The molecule has 28 heavy (non-hydrogen) atoms. The summed E-state index contributed by atoms with van der Waals surface area (Å²) in [7, 11) is 1.92. The van der Waals surface area contributed by atoms with Gasteiger partial charge in [0.25, 0.3) is 5.91 Å². The quantitative estimate of drug-likeness (QED) is 0.798. The van der Waals surface area contributed by atoms with E-state index in [0.717, 1.165) is 12.0 Å². The zero-order chi connectivity index (χ0) is 19.9. The van der Waals surface area contributed by atoms with Crippen LogP contribution in [0.15, 0.2) is 42.7 Å². The number of pyridine rings is 1. The summed E-state index contributed by atoms with van der Waals surface area (Å²) in [6, 6.07) is 7.95. The standard InChI is InChI=1S/C21H23FN4O2/c1-15-8-16(11-23-10-15)20(28)25-7-6-21(13-25)14-26(19(27)12-24(21)2)18-5-3-4-17(22)9-18/h3-5,8-11H,6-7,12-14H2,1-2H3/t21-/m1/s1. The Morgan fingerprint density at radius 3 is 2.79 bits per heavy atom. The van der Waals surface area contributed by atoms with Crippen molar-refractivity contribution in [2.45, 2.75) is 18.9 Å². The number of hydrogen-bond donors (Lipinski definition) is 0. The number of carbonyl (C=O) groups is 2. The summed E-state index contributed by atoms with van der Waals surface area (Å²) in [5.74, 6) is -0.476. The van der Waals surface area contributed by atoms with E-state index in [2.05, 4.69) is 4.98 Å². The van der Waals surface area contributed by atoms with E-state index in [4.69, 9.17) is 0 Å². The zero-order valence-corrected chi connectivity index (χ0v) is 16.1. The molecule has 1 atom stereocenters. The molecule has 3 heterocycles. The van der Waals surface area contributed by atoms with Crippen LogP contribution in [0, 0.1) is 12.7 Å². The molecule has 2 saturated heterocycles. The highest BCUT2D eigenvalue weighted by atomic mass is 19.1. The third-order valence-corrected chi connectivity index (χ3v) is 5.80. The van der Waals surface area contributed by atoms with Crippen molar-refractivity contribution in [3.8, 4) is 0 Å². The van der Waals surface area contributed by atoms with E-state index in [1.165, 1.54) is 12.1 Å². The lowest BCUT2D eigenvalue weighted by atomic mass is 9.92. The molecule has 0 bridgehead atoms. The first-order valence-corrected chi connectivity index (χ1v) is 9.36. The lowest BCUT2D eigenvalue weighted by molar-refractivity contribution is -0.123. The van der Waals surface area contributed by atoms with Crippen LogP contribution < -0.4 is 4.90 Å². The SMILES string of the molecule is Cc1cncc(C(=O)N2CC[C@@]3(C2)CN(c2cccc(F)c2)C(=O)CN3C)c1. The number of nitrogens with zero attached hydrogens (tertiary/aromatic N) is 4. The van der Waals surface area contributed by atoms with Gasteiger partial charge < -0.3 is 9.80 Å². The second-order valence-electron chi connectivity index (χ2n) is 7.77. The van der Waals surface area contributed by atoms with Crippen molar-refractivity contribution >= 4 is 17.5 Å². The number of aromatic nitrogens is 1. The molecular weight excluding hydrogens is 359 g/mol. The maximum absolute atomic E-state index is 13.7. The number of anilines is 1. The van der Waals surface area contributed by atoms with Gasteiger partial charge in [-0.1, -0.05) is 6.07 Å². The van der Waals surface area contributed by atoms with Gasteiger partial charge in [0.1, 0.15) is 5.82 Å². The monoisotopic (exact) mass is 382 g/mol. The Morgan fingerprint density at radius 1 is 1.21 bits per heavy atom. The molecule has 0 unspecified atom stereocenters. The van der Waals surface area contributed by atoms with E-state index in [1.54, 1.807) is 29.4 Å². The molecule has 2 aliphatic heterocycles. The van der Waals surface area contributed by atoms with Crippen LogP contribution in [-0.4, -0.2) is 65.4 Å². The summed E-state index contributed by atoms with van der Waals surface area (Å²) in [5.41, 5.74) is 1.74. The number of halogens is 1. The molecule has 0 aliphatic carbocycles. The summed E-state index contributed by atoms with van der Waals surface area (Å²) in [6.07, 6.45) is 4.07. The molecule has 0 radical (unpaired) electrons. The van der Waals surface area contributed by atoms with E-state index in [-0.39, 0.29) is 29.7 Å². The average molecular weight is 382 g/mol. The molecule has 2 aromatic rings. The van der Waals surface area contributed by atoms with E-state index in [1.807, 2.05) is 29.8 Å². The number of rotatable bonds is 2. The van der Waals surface area contributed by atoms with Crippen molar-refractivity contribution in [2.24, 2.45) is 0 Å². The highest BCUT2D eigenvalue weighted by molar-refractivity contribution is 5.96. The number of carbonyl (C=O) groups excluding carboxylic acids is 2. The minimum atomic E-state index is -0.367. The number of likely N-dealkylation sites (tertiary alicyclic amines) is 1. The van der Waals surface area contributed by atoms with Gasteiger partial charge in [0.15, 0.2) is 0 Å². The Kier molecular flexibility index (Phi) is 4.63. The molecule has 1 aromatic carbocycles. The Bertz CT molecular complexity index is 934. The summed E-state index contributed by atoms with van der Waals surface area (Å²) >= 11 is 0. The molecular formula is C21H23FN4O2. The second kappa shape index (κ2) is 6.98. The van der Waals surface area contributed by atoms with E-state index >= 15 is 0 Å². The maximum atomic E-state index is 13.7. The van der Waals surface area contributed by atoms with Gasteiger partial charge in [0.05, 0.1) is 17.6 Å². The van der Waals surface area contributed by atoms with Crippen LogP contribution in [-0.2, 0) is 4.79 Å². The zero-order valence-electron chi connectivity index (χ0n) is 16.1. The molecule has 4 rings (SSSR count). The maximum Gasteiger partial charge on any atom is 0.255 e. The number of piperazine rings is 1. The second-order valence-corrected chi connectivity index (χ2v) is 7.77. The number of benzene rings is 1. The largest absolute Gasteiger partial charge is 0.337 e. The number of likely N-dealkylation sites (N-methyl/N-ethyl adjacent to an activating group) is 1. The average Bonchev–Trinajstić information content (AvgIpc) is 3.09. The highest BCUT2D eigenvalue weighted by Crippen LogP contribution is 2.34. The molecule has 0 N–H and O–H groups in total. The van der Waals surface area contributed by atoms with Crippen LogP contribution in [0.2, 0.25) is 0 Å². The van der Waals surface area contributed by atoms with Crippen molar-refractivity contribution < 1.29 is 14.0 Å². The van der Waals surface area contributed by atoms with Gasteiger partial charge in [-0.3, -0.25) is 19.5 Å². The van der Waals surface area contributed by atoms with Gasteiger partial charge >= 0.3 is 0 Å². The molecule has 1 aromatic heterocycles. The molecule has 2 amide bonds. The van der Waals surface area contributed by atoms with Crippen LogP contribution in [0.4, 0.5) is 10.1 Å². The van der Waals surface area contributed by atoms with Crippen LogP contribution in [0.5, 0.6) is 0 Å². The molecule has 2 fully saturated rings. The number of amides is 2.